The summed E-state index contributed by atoms with van der Waals surface area (Å²) in [6.07, 6.45) is 0. The van der Waals surface area contributed by atoms with Crippen molar-refractivity contribution in [2.45, 2.75) is 6.92 Å². The highest BCUT2D eigenvalue weighted by Gasteiger charge is 1.98. The van der Waals surface area contributed by atoms with Crippen molar-refractivity contribution < 1.29 is 9.41 Å². The van der Waals surface area contributed by atoms with E-state index in [1.165, 1.54) is 6.07 Å². The van der Waals surface area contributed by atoms with E-state index in [-0.39, 0.29) is 5.82 Å². The number of hydrogen-bond donors (Lipinski definition) is 1. The minimum Gasteiger partial charge on any atom is -0.450 e. The maximum Gasteiger partial charge on any atom is 0.326 e. The molecule has 1 nitrogen and oxygen atoms in total. The molecular formula is C7H7BFO. The number of aryl methyl sites for hydroxylation is 1. The molecule has 0 amide bonds. The summed E-state index contributed by atoms with van der Waals surface area (Å²) in [6.45, 7) is 1.68. The van der Waals surface area contributed by atoms with Crippen LogP contribution in [0.1, 0.15) is 5.56 Å². The van der Waals surface area contributed by atoms with Gasteiger partial charge in [0.25, 0.3) is 0 Å². The Morgan fingerprint density at radius 2 is 2.20 bits per heavy atom. The summed E-state index contributed by atoms with van der Waals surface area (Å²) in [5.74, 6) is -0.289. The van der Waals surface area contributed by atoms with Crippen LogP contribution in [0.3, 0.4) is 0 Å². The molecule has 51 valence electrons. The number of benzene rings is 1. The van der Waals surface area contributed by atoms with Gasteiger partial charge in [-0.25, -0.2) is 4.39 Å². The molecule has 0 spiro atoms. The van der Waals surface area contributed by atoms with Crippen LogP contribution in [0.4, 0.5) is 4.39 Å². The van der Waals surface area contributed by atoms with E-state index < -0.39 is 0 Å². The van der Waals surface area contributed by atoms with Crippen molar-refractivity contribution in [2.24, 2.45) is 0 Å². The van der Waals surface area contributed by atoms with Crippen LogP contribution in [-0.2, 0) is 0 Å². The lowest BCUT2D eigenvalue weighted by atomic mass is 9.88. The molecule has 0 heterocycles. The third-order valence-corrected chi connectivity index (χ3v) is 1.34. The summed E-state index contributed by atoms with van der Waals surface area (Å²) in [5.41, 5.74) is 1.08. The minimum absolute atomic E-state index is 0.289. The molecule has 0 aromatic heterocycles. The molecule has 0 saturated carbocycles. The van der Waals surface area contributed by atoms with E-state index in [9.17, 15) is 4.39 Å². The lowest BCUT2D eigenvalue weighted by Gasteiger charge is -1.96. The van der Waals surface area contributed by atoms with Gasteiger partial charge in [-0.15, -0.1) is 0 Å². The molecule has 1 rings (SSSR count). The monoisotopic (exact) mass is 137 g/mol. The average molecular weight is 137 g/mol. The molecule has 0 bridgehead atoms. The molecule has 0 atom stereocenters. The Bertz CT molecular complexity index is 237. The summed E-state index contributed by atoms with van der Waals surface area (Å²) in [6, 6.07) is 4.56. The molecule has 0 fully saturated rings. The van der Waals surface area contributed by atoms with Gasteiger partial charge < -0.3 is 5.02 Å². The van der Waals surface area contributed by atoms with Crippen molar-refractivity contribution in [1.82, 2.24) is 0 Å². The van der Waals surface area contributed by atoms with Crippen LogP contribution in [0.25, 0.3) is 0 Å². The van der Waals surface area contributed by atoms with Crippen LogP contribution in [-0.4, -0.2) is 12.5 Å². The molecular weight excluding hydrogens is 130 g/mol. The van der Waals surface area contributed by atoms with E-state index in [1.807, 2.05) is 0 Å². The summed E-state index contributed by atoms with van der Waals surface area (Å²) < 4.78 is 12.6. The zero-order chi connectivity index (χ0) is 7.56. The molecule has 0 aliphatic heterocycles. The second-order valence-corrected chi connectivity index (χ2v) is 2.14. The topological polar surface area (TPSA) is 20.2 Å². The van der Waals surface area contributed by atoms with Gasteiger partial charge >= 0.3 is 7.48 Å². The molecule has 1 aromatic rings. The smallest absolute Gasteiger partial charge is 0.326 e. The van der Waals surface area contributed by atoms with Crippen molar-refractivity contribution in [3.05, 3.63) is 29.6 Å². The first-order valence-electron chi connectivity index (χ1n) is 2.97. The molecule has 1 radical (unpaired) electrons. The highest BCUT2D eigenvalue weighted by molar-refractivity contribution is 6.45. The minimum atomic E-state index is -0.289. The fourth-order valence-electron chi connectivity index (χ4n) is 0.689. The fraction of sp³-hybridized carbons (Fsp3) is 0.143. The van der Waals surface area contributed by atoms with Gasteiger partial charge in [0.05, 0.1) is 0 Å². The zero-order valence-electron chi connectivity index (χ0n) is 5.63. The maximum absolute atomic E-state index is 12.6. The van der Waals surface area contributed by atoms with E-state index in [2.05, 4.69) is 0 Å². The second kappa shape index (κ2) is 2.84. The van der Waals surface area contributed by atoms with E-state index in [4.69, 9.17) is 5.02 Å². The first-order valence-corrected chi connectivity index (χ1v) is 2.97. The third kappa shape index (κ3) is 1.36. The third-order valence-electron chi connectivity index (χ3n) is 1.34. The van der Waals surface area contributed by atoms with Crippen molar-refractivity contribution in [3.8, 4) is 0 Å². The van der Waals surface area contributed by atoms with Gasteiger partial charge in [-0.05, 0) is 18.6 Å². The SMILES string of the molecule is Cc1ccc([B]O)cc1F. The van der Waals surface area contributed by atoms with E-state index in [1.54, 1.807) is 19.1 Å². The highest BCUT2D eigenvalue weighted by atomic mass is 19.1. The Kier molecular flexibility index (Phi) is 2.07. The van der Waals surface area contributed by atoms with Gasteiger partial charge in [0.15, 0.2) is 0 Å². The lowest BCUT2D eigenvalue weighted by molar-refractivity contribution is 0.609. The van der Waals surface area contributed by atoms with E-state index in [0.29, 0.717) is 11.0 Å². The highest BCUT2D eigenvalue weighted by Crippen LogP contribution is 2.00. The molecule has 0 unspecified atom stereocenters. The van der Waals surface area contributed by atoms with E-state index in [0.717, 1.165) is 7.48 Å². The molecule has 0 aliphatic carbocycles. The fourth-order valence-corrected chi connectivity index (χ4v) is 0.689. The van der Waals surface area contributed by atoms with Crippen LogP contribution in [0.15, 0.2) is 18.2 Å². The van der Waals surface area contributed by atoms with Crippen LogP contribution in [0, 0.1) is 12.7 Å². The number of rotatable bonds is 1. The van der Waals surface area contributed by atoms with Gasteiger partial charge in [-0.3, -0.25) is 0 Å². The van der Waals surface area contributed by atoms with Crippen molar-refractivity contribution >= 4 is 12.9 Å². The first-order chi connectivity index (χ1) is 4.74. The van der Waals surface area contributed by atoms with Gasteiger partial charge in [0.1, 0.15) is 5.82 Å². The Morgan fingerprint density at radius 3 is 2.70 bits per heavy atom. The Balaban J connectivity index is 3.04. The lowest BCUT2D eigenvalue weighted by Crippen LogP contribution is -2.13. The first kappa shape index (κ1) is 7.28. The predicted molar refractivity (Wildman–Crippen MR) is 38.7 cm³/mol. The molecule has 1 N–H and O–H groups in total. The molecule has 3 heteroatoms. The Labute approximate surface area is 59.8 Å². The Hall–Kier alpha value is -0.825. The van der Waals surface area contributed by atoms with Gasteiger partial charge in [-0.1, -0.05) is 17.6 Å². The van der Waals surface area contributed by atoms with Gasteiger partial charge in [-0.2, -0.15) is 0 Å². The van der Waals surface area contributed by atoms with Gasteiger partial charge in [0, 0.05) is 0 Å². The molecule has 0 aliphatic rings. The molecule has 0 saturated heterocycles. The van der Waals surface area contributed by atoms with Crippen LogP contribution >= 0.6 is 0 Å². The molecule has 10 heavy (non-hydrogen) atoms. The largest absolute Gasteiger partial charge is 0.450 e. The van der Waals surface area contributed by atoms with Crippen molar-refractivity contribution in [1.29, 1.82) is 0 Å². The van der Waals surface area contributed by atoms with Crippen molar-refractivity contribution in [3.63, 3.8) is 0 Å². The summed E-state index contributed by atoms with van der Waals surface area (Å²) in [7, 11) is 0.878. The Morgan fingerprint density at radius 1 is 1.50 bits per heavy atom. The quantitative estimate of drug-likeness (QED) is 0.554. The molecule has 1 aromatic carbocycles. The number of hydrogen-bond acceptors (Lipinski definition) is 1. The zero-order valence-corrected chi connectivity index (χ0v) is 5.63. The van der Waals surface area contributed by atoms with Gasteiger partial charge in [0.2, 0.25) is 0 Å². The normalized spacial score (nSPS) is 9.50. The van der Waals surface area contributed by atoms with Crippen LogP contribution < -0.4 is 5.46 Å². The van der Waals surface area contributed by atoms with Crippen molar-refractivity contribution in [2.75, 3.05) is 0 Å². The maximum atomic E-state index is 12.6. The number of halogens is 1. The van der Waals surface area contributed by atoms with E-state index >= 15 is 0 Å². The predicted octanol–water partition coefficient (Wildman–Crippen LogP) is 0.371. The van der Waals surface area contributed by atoms with Crippen LogP contribution in [0.5, 0.6) is 0 Å². The standard InChI is InChI=1S/C7H7BFO/c1-5-2-3-6(8-10)4-7(5)9/h2-4,10H,1H3. The summed E-state index contributed by atoms with van der Waals surface area (Å²) in [5, 5.41) is 8.46. The van der Waals surface area contributed by atoms with Crippen LogP contribution in [0.2, 0.25) is 0 Å². The average Bonchev–Trinajstić information content (AvgIpc) is 1.95. The summed E-state index contributed by atoms with van der Waals surface area (Å²) in [4.78, 5) is 0. The second-order valence-electron chi connectivity index (χ2n) is 2.14. The summed E-state index contributed by atoms with van der Waals surface area (Å²) >= 11 is 0.